The molecule has 1 unspecified atom stereocenters. The van der Waals surface area contributed by atoms with Crippen molar-refractivity contribution in [1.29, 1.82) is 0 Å². The summed E-state index contributed by atoms with van der Waals surface area (Å²) in [5, 5.41) is 6.26. The minimum atomic E-state index is 0. The Kier molecular flexibility index (Phi) is 7.96. The van der Waals surface area contributed by atoms with Crippen molar-refractivity contribution in [3.63, 3.8) is 0 Å². The summed E-state index contributed by atoms with van der Waals surface area (Å²) in [6, 6.07) is 11.6. The molecule has 7 heteroatoms. The van der Waals surface area contributed by atoms with Gasteiger partial charge in [0.05, 0.1) is 29.2 Å². The van der Waals surface area contributed by atoms with Crippen molar-refractivity contribution in [2.45, 2.75) is 24.6 Å². The first-order chi connectivity index (χ1) is 12.1. The smallest absolute Gasteiger partial charge is 0.119 e. The van der Waals surface area contributed by atoms with E-state index in [2.05, 4.69) is 5.32 Å². The third-order valence-corrected chi connectivity index (χ3v) is 5.00. The second kappa shape index (κ2) is 9.75. The second-order valence-electron chi connectivity index (χ2n) is 5.88. The number of halogens is 3. The topological polar surface area (TPSA) is 34.1 Å². The zero-order valence-electron chi connectivity index (χ0n) is 14.3. The van der Waals surface area contributed by atoms with E-state index in [1.807, 2.05) is 36.4 Å². The molecule has 1 aromatic heterocycles. The number of aromatic nitrogens is 1. The molecule has 3 aromatic rings. The van der Waals surface area contributed by atoms with Gasteiger partial charge in [0, 0.05) is 21.7 Å². The molecule has 0 radical (unpaired) electrons. The molecule has 0 spiro atoms. The average Bonchev–Trinajstić information content (AvgIpc) is 2.61. The molecule has 2 aromatic carbocycles. The van der Waals surface area contributed by atoms with E-state index in [1.165, 1.54) is 0 Å². The van der Waals surface area contributed by atoms with Gasteiger partial charge in [-0.3, -0.25) is 0 Å². The van der Waals surface area contributed by atoms with Crippen molar-refractivity contribution in [3.8, 4) is 5.75 Å². The summed E-state index contributed by atoms with van der Waals surface area (Å²) in [7, 11) is 1.66. The molecule has 26 heavy (non-hydrogen) atoms. The van der Waals surface area contributed by atoms with Crippen molar-refractivity contribution >= 4 is 75.7 Å². The van der Waals surface area contributed by atoms with Gasteiger partial charge in [0.2, 0.25) is 0 Å². The Morgan fingerprint density at radius 2 is 1.92 bits per heavy atom. The molecule has 0 saturated heterocycles. The number of rotatable bonds is 7. The molecule has 140 valence electrons. The number of benzene rings is 2. The molecule has 0 fully saturated rings. The third kappa shape index (κ3) is 4.80. The monoisotopic (exact) mass is 430 g/mol. The van der Waals surface area contributed by atoms with Crippen LogP contribution in [-0.2, 0) is 0 Å². The molecule has 1 N–H and O–H groups in total. The Morgan fingerprint density at radius 3 is 2.65 bits per heavy atom. The molecule has 3 rings (SSSR count). The number of anilines is 1. The minimum Gasteiger partial charge on any atom is -0.497 e. The van der Waals surface area contributed by atoms with Crippen LogP contribution in [0.2, 0.25) is 5.02 Å². The zero-order chi connectivity index (χ0) is 17.8. The van der Waals surface area contributed by atoms with Crippen LogP contribution in [0.5, 0.6) is 5.75 Å². The van der Waals surface area contributed by atoms with Crippen LogP contribution in [0.3, 0.4) is 0 Å². The Bertz CT molecular complexity index is 891. The molecule has 0 amide bonds. The standard InChI is InChI=1S/C19H20Cl2N2OS.ClH/c1-24-13-6-8-16-15(11-13)19(23-18(25)4-2-3-9-20)14-7-5-12(21)10-17(14)22-16;/h5-8,10-11,18,25H,2-4,9H2,1H3,(H,22,23);1H. The predicted octanol–water partition coefficient (Wildman–Crippen LogP) is 6.55. The largest absolute Gasteiger partial charge is 0.497 e. The summed E-state index contributed by atoms with van der Waals surface area (Å²) in [5.41, 5.74) is 2.75. The number of pyridine rings is 1. The Hall–Kier alpha value is -1.07. The summed E-state index contributed by atoms with van der Waals surface area (Å²) < 4.78 is 5.38. The van der Waals surface area contributed by atoms with Gasteiger partial charge in [-0.2, -0.15) is 12.6 Å². The van der Waals surface area contributed by atoms with E-state index in [-0.39, 0.29) is 17.8 Å². The van der Waals surface area contributed by atoms with Crippen molar-refractivity contribution in [2.75, 3.05) is 18.3 Å². The van der Waals surface area contributed by atoms with E-state index < -0.39 is 0 Å². The predicted molar refractivity (Wildman–Crippen MR) is 119 cm³/mol. The average molecular weight is 432 g/mol. The maximum absolute atomic E-state index is 6.15. The van der Waals surface area contributed by atoms with Crippen LogP contribution >= 0.6 is 48.2 Å². The highest BCUT2D eigenvalue weighted by molar-refractivity contribution is 7.81. The van der Waals surface area contributed by atoms with E-state index in [1.54, 1.807) is 7.11 Å². The molecule has 3 nitrogen and oxygen atoms in total. The summed E-state index contributed by atoms with van der Waals surface area (Å²) in [5.74, 6) is 1.47. The van der Waals surface area contributed by atoms with E-state index in [9.17, 15) is 0 Å². The van der Waals surface area contributed by atoms with Crippen LogP contribution in [0, 0.1) is 0 Å². The van der Waals surface area contributed by atoms with Gasteiger partial charge in [-0.15, -0.1) is 24.0 Å². The van der Waals surface area contributed by atoms with E-state index in [4.69, 9.17) is 45.6 Å². The van der Waals surface area contributed by atoms with Crippen molar-refractivity contribution in [1.82, 2.24) is 4.98 Å². The van der Waals surface area contributed by atoms with Gasteiger partial charge in [0.25, 0.3) is 0 Å². The highest BCUT2D eigenvalue weighted by Gasteiger charge is 2.13. The molecule has 0 aliphatic rings. The first-order valence-electron chi connectivity index (χ1n) is 8.20. The maximum atomic E-state index is 6.15. The molecule has 0 saturated carbocycles. The molecule has 0 bridgehead atoms. The molecular weight excluding hydrogens is 411 g/mol. The fourth-order valence-electron chi connectivity index (χ4n) is 2.85. The first kappa shape index (κ1) is 21.2. The molecule has 0 aliphatic heterocycles. The Morgan fingerprint density at radius 1 is 1.12 bits per heavy atom. The lowest BCUT2D eigenvalue weighted by molar-refractivity contribution is 0.415. The summed E-state index contributed by atoms with van der Waals surface area (Å²) >= 11 is 16.6. The SMILES string of the molecule is COc1ccc2nc3cc(Cl)ccc3c(NC(S)CCCCCl)c2c1.Cl. The van der Waals surface area contributed by atoms with Gasteiger partial charge in [-0.05, 0) is 55.7 Å². The van der Waals surface area contributed by atoms with Gasteiger partial charge < -0.3 is 10.1 Å². The lowest BCUT2D eigenvalue weighted by Gasteiger charge is -2.18. The number of methoxy groups -OCH3 is 1. The van der Waals surface area contributed by atoms with Crippen LogP contribution in [-0.4, -0.2) is 23.3 Å². The molecule has 1 heterocycles. The number of nitrogens with zero attached hydrogens (tertiary/aromatic N) is 1. The molecule has 1 atom stereocenters. The number of alkyl halides is 1. The van der Waals surface area contributed by atoms with Gasteiger partial charge in [0.1, 0.15) is 5.75 Å². The lowest BCUT2D eigenvalue weighted by Crippen LogP contribution is -2.13. The van der Waals surface area contributed by atoms with Crippen molar-refractivity contribution in [2.24, 2.45) is 0 Å². The maximum Gasteiger partial charge on any atom is 0.119 e. The Balaban J connectivity index is 0.00000243. The molecule has 0 aliphatic carbocycles. The van der Waals surface area contributed by atoms with E-state index in [0.717, 1.165) is 52.5 Å². The third-order valence-electron chi connectivity index (χ3n) is 4.12. The van der Waals surface area contributed by atoms with Crippen molar-refractivity contribution in [3.05, 3.63) is 41.4 Å². The number of hydrogen-bond donors (Lipinski definition) is 2. The van der Waals surface area contributed by atoms with E-state index >= 15 is 0 Å². The highest BCUT2D eigenvalue weighted by atomic mass is 35.5. The normalized spacial score (nSPS) is 12.0. The number of fused-ring (bicyclic) bond motifs is 2. The summed E-state index contributed by atoms with van der Waals surface area (Å²) in [4.78, 5) is 4.73. The van der Waals surface area contributed by atoms with Crippen LogP contribution < -0.4 is 10.1 Å². The van der Waals surface area contributed by atoms with Crippen LogP contribution in [0.1, 0.15) is 19.3 Å². The molecular formula is C19H21Cl3N2OS. The van der Waals surface area contributed by atoms with Crippen LogP contribution in [0.15, 0.2) is 36.4 Å². The Labute approximate surface area is 175 Å². The first-order valence-corrected chi connectivity index (χ1v) is 9.63. The quantitative estimate of drug-likeness (QED) is 0.146. The number of thiol groups is 1. The van der Waals surface area contributed by atoms with E-state index in [0.29, 0.717) is 10.9 Å². The fraction of sp³-hybridized carbons (Fsp3) is 0.316. The number of ether oxygens (including phenoxy) is 1. The van der Waals surface area contributed by atoms with Crippen LogP contribution in [0.25, 0.3) is 21.8 Å². The second-order valence-corrected chi connectivity index (χ2v) is 7.31. The zero-order valence-corrected chi connectivity index (χ0v) is 17.6. The van der Waals surface area contributed by atoms with Gasteiger partial charge >= 0.3 is 0 Å². The lowest BCUT2D eigenvalue weighted by atomic mass is 10.1. The minimum absolute atomic E-state index is 0. The highest BCUT2D eigenvalue weighted by Crippen LogP contribution is 2.35. The van der Waals surface area contributed by atoms with Gasteiger partial charge in [0.15, 0.2) is 0 Å². The van der Waals surface area contributed by atoms with Crippen LogP contribution in [0.4, 0.5) is 5.69 Å². The number of unbranched alkanes of at least 4 members (excludes halogenated alkanes) is 1. The fourth-order valence-corrected chi connectivity index (χ4v) is 3.52. The number of nitrogens with one attached hydrogen (secondary N) is 1. The summed E-state index contributed by atoms with van der Waals surface area (Å²) in [6.45, 7) is 0. The van der Waals surface area contributed by atoms with Gasteiger partial charge in [-0.1, -0.05) is 11.6 Å². The number of hydrogen-bond acceptors (Lipinski definition) is 4. The van der Waals surface area contributed by atoms with Gasteiger partial charge in [-0.25, -0.2) is 4.98 Å². The van der Waals surface area contributed by atoms with Crippen molar-refractivity contribution < 1.29 is 4.74 Å². The summed E-state index contributed by atoms with van der Waals surface area (Å²) in [6.07, 6.45) is 2.95.